The lowest BCUT2D eigenvalue weighted by molar-refractivity contribution is 0.635. The Labute approximate surface area is 106 Å². The van der Waals surface area contributed by atoms with Crippen LogP contribution in [0.5, 0.6) is 0 Å². The standard InChI is InChI=1S/C12H18N6/c1-8(2)4-10-5-11(17-13)16-12(15-10)9-6-14-18(3)7-9/h5-8H,4,13H2,1-3H3,(H,15,16,17). The Bertz CT molecular complexity index is 531. The average molecular weight is 246 g/mol. The van der Waals surface area contributed by atoms with E-state index < -0.39 is 0 Å². The van der Waals surface area contributed by atoms with Crippen molar-refractivity contribution in [3.05, 3.63) is 24.2 Å². The number of hydrogen-bond donors (Lipinski definition) is 2. The van der Waals surface area contributed by atoms with Crippen molar-refractivity contribution in [2.45, 2.75) is 20.3 Å². The van der Waals surface area contributed by atoms with Gasteiger partial charge in [0.15, 0.2) is 5.82 Å². The number of aromatic nitrogens is 4. The zero-order valence-corrected chi connectivity index (χ0v) is 10.9. The average Bonchev–Trinajstić information content (AvgIpc) is 2.74. The van der Waals surface area contributed by atoms with Crippen LogP contribution in [0, 0.1) is 5.92 Å². The van der Waals surface area contributed by atoms with Gasteiger partial charge in [-0.2, -0.15) is 5.10 Å². The Balaban J connectivity index is 2.40. The molecule has 0 aliphatic rings. The van der Waals surface area contributed by atoms with Crippen LogP contribution in [0.3, 0.4) is 0 Å². The zero-order chi connectivity index (χ0) is 13.1. The number of nitrogens with zero attached hydrogens (tertiary/aromatic N) is 4. The number of rotatable bonds is 4. The van der Waals surface area contributed by atoms with Crippen molar-refractivity contribution >= 4 is 5.82 Å². The molecule has 6 heteroatoms. The van der Waals surface area contributed by atoms with E-state index in [0.717, 1.165) is 17.7 Å². The number of anilines is 1. The summed E-state index contributed by atoms with van der Waals surface area (Å²) in [6, 6.07) is 1.87. The Morgan fingerprint density at radius 2 is 2.17 bits per heavy atom. The molecule has 2 heterocycles. The van der Waals surface area contributed by atoms with Crippen molar-refractivity contribution in [2.75, 3.05) is 5.43 Å². The molecular weight excluding hydrogens is 228 g/mol. The van der Waals surface area contributed by atoms with E-state index in [4.69, 9.17) is 5.84 Å². The van der Waals surface area contributed by atoms with Crippen molar-refractivity contribution in [3.8, 4) is 11.4 Å². The van der Waals surface area contributed by atoms with Crippen LogP contribution >= 0.6 is 0 Å². The van der Waals surface area contributed by atoms with Crippen molar-refractivity contribution in [2.24, 2.45) is 18.8 Å². The van der Waals surface area contributed by atoms with Gasteiger partial charge in [0, 0.05) is 25.0 Å². The molecule has 0 amide bonds. The van der Waals surface area contributed by atoms with Gasteiger partial charge < -0.3 is 5.43 Å². The van der Waals surface area contributed by atoms with E-state index in [1.165, 1.54) is 0 Å². The van der Waals surface area contributed by atoms with Gasteiger partial charge in [-0.05, 0) is 12.3 Å². The third-order valence-corrected chi connectivity index (χ3v) is 2.51. The monoisotopic (exact) mass is 246 g/mol. The molecule has 0 aromatic carbocycles. The molecule has 0 bridgehead atoms. The van der Waals surface area contributed by atoms with Crippen LogP contribution in [-0.2, 0) is 13.5 Å². The molecule has 0 saturated carbocycles. The first-order chi connectivity index (χ1) is 8.58. The highest BCUT2D eigenvalue weighted by Crippen LogP contribution is 2.18. The van der Waals surface area contributed by atoms with Crippen LogP contribution < -0.4 is 11.3 Å². The molecule has 0 aliphatic heterocycles. The molecule has 18 heavy (non-hydrogen) atoms. The van der Waals surface area contributed by atoms with Crippen LogP contribution in [-0.4, -0.2) is 19.7 Å². The third kappa shape index (κ3) is 2.84. The summed E-state index contributed by atoms with van der Waals surface area (Å²) in [7, 11) is 1.86. The highest BCUT2D eigenvalue weighted by molar-refractivity contribution is 5.55. The largest absolute Gasteiger partial charge is 0.308 e. The fourth-order valence-electron chi connectivity index (χ4n) is 1.76. The van der Waals surface area contributed by atoms with Gasteiger partial charge in [0.2, 0.25) is 0 Å². The molecule has 0 atom stereocenters. The highest BCUT2D eigenvalue weighted by atomic mass is 15.3. The van der Waals surface area contributed by atoms with Gasteiger partial charge in [-0.1, -0.05) is 13.8 Å². The molecule has 2 aromatic rings. The summed E-state index contributed by atoms with van der Waals surface area (Å²) in [4.78, 5) is 8.89. The maximum absolute atomic E-state index is 5.44. The second kappa shape index (κ2) is 5.14. The lowest BCUT2D eigenvalue weighted by atomic mass is 10.1. The summed E-state index contributed by atoms with van der Waals surface area (Å²) in [5.41, 5.74) is 4.45. The van der Waals surface area contributed by atoms with E-state index in [1.807, 2.05) is 19.3 Å². The molecule has 96 valence electrons. The summed E-state index contributed by atoms with van der Waals surface area (Å²) in [5.74, 6) is 7.25. The van der Waals surface area contributed by atoms with Gasteiger partial charge in [0.25, 0.3) is 0 Å². The quantitative estimate of drug-likeness (QED) is 0.629. The number of nitrogens with two attached hydrogens (primary N) is 1. The minimum Gasteiger partial charge on any atom is -0.308 e. The van der Waals surface area contributed by atoms with Crippen LogP contribution in [0.25, 0.3) is 11.4 Å². The first-order valence-electron chi connectivity index (χ1n) is 5.92. The van der Waals surface area contributed by atoms with Crippen molar-refractivity contribution < 1.29 is 0 Å². The molecule has 0 radical (unpaired) electrons. The van der Waals surface area contributed by atoms with Crippen LogP contribution in [0.4, 0.5) is 5.82 Å². The predicted octanol–water partition coefficient (Wildman–Crippen LogP) is 1.36. The topological polar surface area (TPSA) is 81.6 Å². The summed E-state index contributed by atoms with van der Waals surface area (Å²) in [6.07, 6.45) is 4.52. The van der Waals surface area contributed by atoms with E-state index in [9.17, 15) is 0 Å². The minimum atomic E-state index is 0.535. The van der Waals surface area contributed by atoms with Gasteiger partial charge in [-0.15, -0.1) is 0 Å². The molecule has 2 aromatic heterocycles. The molecule has 0 aliphatic carbocycles. The van der Waals surface area contributed by atoms with Gasteiger partial charge >= 0.3 is 0 Å². The molecule has 3 N–H and O–H groups in total. The lowest BCUT2D eigenvalue weighted by Gasteiger charge is -2.08. The van der Waals surface area contributed by atoms with Crippen LogP contribution in [0.15, 0.2) is 18.5 Å². The number of nitrogens with one attached hydrogen (secondary N) is 1. The maximum atomic E-state index is 5.44. The van der Waals surface area contributed by atoms with Gasteiger partial charge in [-0.3, -0.25) is 4.68 Å². The number of nitrogen functional groups attached to an aromatic ring is 1. The van der Waals surface area contributed by atoms with Crippen molar-refractivity contribution in [3.63, 3.8) is 0 Å². The molecule has 6 nitrogen and oxygen atoms in total. The summed E-state index contributed by atoms with van der Waals surface area (Å²) >= 11 is 0. The number of aryl methyl sites for hydroxylation is 1. The Morgan fingerprint density at radius 3 is 2.72 bits per heavy atom. The van der Waals surface area contributed by atoms with E-state index in [-0.39, 0.29) is 0 Å². The van der Waals surface area contributed by atoms with E-state index in [2.05, 4.69) is 34.3 Å². The second-order valence-corrected chi connectivity index (χ2v) is 4.71. The first kappa shape index (κ1) is 12.5. The summed E-state index contributed by atoms with van der Waals surface area (Å²) in [6.45, 7) is 4.31. The van der Waals surface area contributed by atoms with E-state index in [1.54, 1.807) is 10.9 Å². The number of hydrogen-bond acceptors (Lipinski definition) is 5. The molecule has 2 rings (SSSR count). The third-order valence-electron chi connectivity index (χ3n) is 2.51. The fourth-order valence-corrected chi connectivity index (χ4v) is 1.76. The van der Waals surface area contributed by atoms with Crippen LogP contribution in [0.1, 0.15) is 19.5 Å². The summed E-state index contributed by atoms with van der Waals surface area (Å²) in [5, 5.41) is 4.12. The van der Waals surface area contributed by atoms with Crippen molar-refractivity contribution in [1.82, 2.24) is 19.7 Å². The fraction of sp³-hybridized carbons (Fsp3) is 0.417. The SMILES string of the molecule is CC(C)Cc1cc(NN)nc(-c2cnn(C)c2)n1. The minimum absolute atomic E-state index is 0.535. The normalized spacial score (nSPS) is 10.9. The van der Waals surface area contributed by atoms with Gasteiger partial charge in [0.05, 0.1) is 11.8 Å². The molecular formula is C12H18N6. The molecule has 0 fully saturated rings. The zero-order valence-electron chi connectivity index (χ0n) is 10.9. The highest BCUT2D eigenvalue weighted by Gasteiger charge is 2.09. The number of hydrazine groups is 1. The molecule has 0 spiro atoms. The smallest absolute Gasteiger partial charge is 0.164 e. The summed E-state index contributed by atoms with van der Waals surface area (Å²) < 4.78 is 1.73. The predicted molar refractivity (Wildman–Crippen MR) is 70.6 cm³/mol. The Kier molecular flexibility index (Phi) is 3.57. The maximum Gasteiger partial charge on any atom is 0.164 e. The van der Waals surface area contributed by atoms with Crippen molar-refractivity contribution in [1.29, 1.82) is 0 Å². The molecule has 0 unspecified atom stereocenters. The molecule has 0 saturated heterocycles. The van der Waals surface area contributed by atoms with E-state index >= 15 is 0 Å². The first-order valence-corrected chi connectivity index (χ1v) is 5.92. The van der Waals surface area contributed by atoms with Gasteiger partial charge in [-0.25, -0.2) is 15.8 Å². The van der Waals surface area contributed by atoms with Crippen LogP contribution in [0.2, 0.25) is 0 Å². The second-order valence-electron chi connectivity index (χ2n) is 4.71. The van der Waals surface area contributed by atoms with Gasteiger partial charge in [0.1, 0.15) is 5.82 Å². The lowest BCUT2D eigenvalue weighted by Crippen LogP contribution is -2.11. The van der Waals surface area contributed by atoms with E-state index in [0.29, 0.717) is 17.6 Å². The Hall–Kier alpha value is -1.95. The Morgan fingerprint density at radius 1 is 1.39 bits per heavy atom.